The number of carbonyl (C=O) groups is 3. The van der Waals surface area contributed by atoms with Crippen LogP contribution in [0.2, 0.25) is 0 Å². The number of hydrogen-bond donors (Lipinski definition) is 2. The summed E-state index contributed by atoms with van der Waals surface area (Å²) in [6.45, 7) is -0.259. The summed E-state index contributed by atoms with van der Waals surface area (Å²) >= 11 is 0. The number of hydrogen-bond acceptors (Lipinski definition) is 5. The van der Waals surface area contributed by atoms with Crippen LogP contribution in [-0.2, 0) is 4.79 Å². The van der Waals surface area contributed by atoms with Crippen molar-refractivity contribution in [1.82, 2.24) is 10.7 Å². The maximum absolute atomic E-state index is 12.7. The molecular weight excluding hydrogens is 478 g/mol. The fraction of sp³-hybridized carbons (Fsp3) is 0.0323. The van der Waals surface area contributed by atoms with Crippen molar-refractivity contribution in [1.29, 1.82) is 0 Å². The summed E-state index contributed by atoms with van der Waals surface area (Å²) in [6, 6.07) is 32.8. The topological polar surface area (TPSA) is 96.9 Å². The Hall–Kier alpha value is -5.30. The van der Waals surface area contributed by atoms with Crippen LogP contribution in [0.15, 0.2) is 114 Å². The minimum atomic E-state index is -0.504. The van der Waals surface area contributed by atoms with Crippen molar-refractivity contribution in [3.63, 3.8) is 0 Å². The van der Waals surface area contributed by atoms with Crippen LogP contribution in [0.5, 0.6) is 5.75 Å². The van der Waals surface area contributed by atoms with Crippen LogP contribution in [0.1, 0.15) is 26.3 Å². The second kappa shape index (κ2) is 11.2. The monoisotopic (exact) mass is 501 g/mol. The van der Waals surface area contributed by atoms with E-state index >= 15 is 0 Å². The Balaban J connectivity index is 1.29. The van der Waals surface area contributed by atoms with Crippen molar-refractivity contribution < 1.29 is 19.1 Å². The molecule has 0 spiro atoms. The smallest absolute Gasteiger partial charge is 0.343 e. The van der Waals surface area contributed by atoms with Gasteiger partial charge in [0.1, 0.15) is 5.75 Å². The maximum atomic E-state index is 12.7. The molecule has 0 aromatic heterocycles. The zero-order chi connectivity index (χ0) is 26.3. The third-order valence-electron chi connectivity index (χ3n) is 5.97. The summed E-state index contributed by atoms with van der Waals surface area (Å²) in [6.07, 6.45) is 1.43. The lowest BCUT2D eigenvalue weighted by atomic mass is 10.0. The van der Waals surface area contributed by atoms with Gasteiger partial charge in [-0.2, -0.15) is 5.10 Å². The molecule has 2 amide bonds. The average Bonchev–Trinajstić information content (AvgIpc) is 2.97. The van der Waals surface area contributed by atoms with Crippen LogP contribution in [0.4, 0.5) is 0 Å². The molecule has 5 aromatic rings. The first-order valence-electron chi connectivity index (χ1n) is 12.0. The number of amides is 2. The number of hydrazone groups is 1. The SMILES string of the molecule is O=C(CNC(=O)c1cccc2ccccc12)N/N=C\c1c(OC(=O)c2ccccc2)ccc2ccccc12. The Labute approximate surface area is 218 Å². The highest BCUT2D eigenvalue weighted by atomic mass is 16.5. The van der Waals surface area contributed by atoms with Gasteiger partial charge in [-0.3, -0.25) is 9.59 Å². The second-order valence-corrected chi connectivity index (χ2v) is 8.46. The molecule has 186 valence electrons. The van der Waals surface area contributed by atoms with E-state index in [0.717, 1.165) is 21.5 Å². The first kappa shape index (κ1) is 24.4. The van der Waals surface area contributed by atoms with Crippen LogP contribution in [-0.4, -0.2) is 30.5 Å². The van der Waals surface area contributed by atoms with Crippen LogP contribution in [0.25, 0.3) is 21.5 Å². The number of esters is 1. The van der Waals surface area contributed by atoms with Gasteiger partial charge in [0.25, 0.3) is 11.8 Å². The molecule has 0 atom stereocenters. The van der Waals surface area contributed by atoms with E-state index in [4.69, 9.17) is 4.74 Å². The highest BCUT2D eigenvalue weighted by molar-refractivity contribution is 6.08. The van der Waals surface area contributed by atoms with Gasteiger partial charge in [-0.15, -0.1) is 0 Å². The number of fused-ring (bicyclic) bond motifs is 2. The van der Waals surface area contributed by atoms with Crippen molar-refractivity contribution in [3.8, 4) is 5.75 Å². The third kappa shape index (κ3) is 5.42. The van der Waals surface area contributed by atoms with E-state index in [1.807, 2.05) is 66.7 Å². The molecule has 5 rings (SSSR count). The van der Waals surface area contributed by atoms with Crippen LogP contribution >= 0.6 is 0 Å². The van der Waals surface area contributed by atoms with Crippen molar-refractivity contribution in [3.05, 3.63) is 126 Å². The number of nitrogens with zero attached hydrogens (tertiary/aromatic N) is 1. The van der Waals surface area contributed by atoms with E-state index in [1.165, 1.54) is 6.21 Å². The molecular formula is C31H23N3O4. The van der Waals surface area contributed by atoms with Gasteiger partial charge in [-0.25, -0.2) is 10.2 Å². The first-order valence-corrected chi connectivity index (χ1v) is 12.0. The van der Waals surface area contributed by atoms with E-state index in [0.29, 0.717) is 22.4 Å². The molecule has 5 aromatic carbocycles. The summed E-state index contributed by atoms with van der Waals surface area (Å²) < 4.78 is 5.66. The maximum Gasteiger partial charge on any atom is 0.343 e. The lowest BCUT2D eigenvalue weighted by Crippen LogP contribution is -2.35. The normalized spacial score (nSPS) is 10.9. The third-order valence-corrected chi connectivity index (χ3v) is 5.97. The number of nitrogens with one attached hydrogen (secondary N) is 2. The summed E-state index contributed by atoms with van der Waals surface area (Å²) in [7, 11) is 0. The standard InChI is InChI=1S/C31H23N3O4/c35-29(20-32-30(36)26-16-8-13-21-9-4-6-14-24(21)26)34-33-19-27-25-15-7-5-10-22(25)17-18-28(27)38-31(37)23-11-2-1-3-12-23/h1-19H,20H2,(H,32,36)(H,34,35)/b33-19-. The predicted molar refractivity (Wildman–Crippen MR) is 147 cm³/mol. The molecule has 0 aliphatic rings. The van der Waals surface area contributed by atoms with E-state index in [1.54, 1.807) is 42.5 Å². The van der Waals surface area contributed by atoms with Crippen LogP contribution in [0, 0.1) is 0 Å². The quantitative estimate of drug-likeness (QED) is 0.140. The fourth-order valence-electron chi connectivity index (χ4n) is 4.12. The van der Waals surface area contributed by atoms with E-state index in [9.17, 15) is 14.4 Å². The molecule has 0 saturated carbocycles. The van der Waals surface area contributed by atoms with Crippen LogP contribution in [0.3, 0.4) is 0 Å². The summed E-state index contributed by atoms with van der Waals surface area (Å²) in [5.41, 5.74) is 3.86. The molecule has 0 saturated heterocycles. The van der Waals surface area contributed by atoms with Gasteiger partial charge in [0.2, 0.25) is 0 Å². The Kier molecular flexibility index (Phi) is 7.18. The van der Waals surface area contributed by atoms with Gasteiger partial charge in [-0.05, 0) is 45.8 Å². The summed E-state index contributed by atoms with van der Waals surface area (Å²) in [5.74, 6) is -1.06. The number of benzene rings is 5. The Morgan fingerprint density at radius 1 is 0.711 bits per heavy atom. The molecule has 0 fully saturated rings. The zero-order valence-electron chi connectivity index (χ0n) is 20.3. The van der Waals surface area contributed by atoms with E-state index in [2.05, 4.69) is 15.8 Å². The highest BCUT2D eigenvalue weighted by Gasteiger charge is 2.14. The van der Waals surface area contributed by atoms with Crippen molar-refractivity contribution in [2.45, 2.75) is 0 Å². The molecule has 7 nitrogen and oxygen atoms in total. The molecule has 38 heavy (non-hydrogen) atoms. The van der Waals surface area contributed by atoms with Gasteiger partial charge < -0.3 is 10.1 Å². The molecule has 7 heteroatoms. The minimum absolute atomic E-state index is 0.259. The second-order valence-electron chi connectivity index (χ2n) is 8.46. The Morgan fingerprint density at radius 3 is 2.16 bits per heavy atom. The summed E-state index contributed by atoms with van der Waals surface area (Å²) in [4.78, 5) is 37.8. The minimum Gasteiger partial charge on any atom is -0.422 e. The zero-order valence-corrected chi connectivity index (χ0v) is 20.3. The fourth-order valence-corrected chi connectivity index (χ4v) is 4.12. The molecule has 0 radical (unpaired) electrons. The van der Waals surface area contributed by atoms with Gasteiger partial charge in [-0.1, -0.05) is 84.9 Å². The van der Waals surface area contributed by atoms with Gasteiger partial charge in [0.15, 0.2) is 0 Å². The average molecular weight is 502 g/mol. The van der Waals surface area contributed by atoms with Gasteiger partial charge in [0.05, 0.1) is 18.3 Å². The predicted octanol–water partition coefficient (Wildman–Crippen LogP) is 5.09. The number of rotatable bonds is 7. The number of carbonyl (C=O) groups excluding carboxylic acids is 3. The van der Waals surface area contributed by atoms with Crippen LogP contribution < -0.4 is 15.5 Å². The lowest BCUT2D eigenvalue weighted by molar-refractivity contribution is -0.120. The van der Waals surface area contributed by atoms with Crippen molar-refractivity contribution in [2.24, 2.45) is 5.10 Å². The van der Waals surface area contributed by atoms with Crippen molar-refractivity contribution in [2.75, 3.05) is 6.54 Å². The van der Waals surface area contributed by atoms with E-state index in [-0.39, 0.29) is 12.5 Å². The Morgan fingerprint density at radius 2 is 1.37 bits per heavy atom. The summed E-state index contributed by atoms with van der Waals surface area (Å²) in [5, 5.41) is 10.2. The molecule has 0 heterocycles. The van der Waals surface area contributed by atoms with Crippen molar-refractivity contribution >= 4 is 45.5 Å². The van der Waals surface area contributed by atoms with Gasteiger partial charge in [0, 0.05) is 11.1 Å². The number of ether oxygens (including phenoxy) is 1. The van der Waals surface area contributed by atoms with E-state index < -0.39 is 11.9 Å². The lowest BCUT2D eigenvalue weighted by Gasteiger charge is -2.11. The van der Waals surface area contributed by atoms with Gasteiger partial charge >= 0.3 is 5.97 Å². The largest absolute Gasteiger partial charge is 0.422 e. The first-order chi connectivity index (χ1) is 18.6. The molecule has 2 N–H and O–H groups in total. The molecule has 0 aliphatic carbocycles. The molecule has 0 aliphatic heterocycles. The molecule has 0 unspecified atom stereocenters. The highest BCUT2D eigenvalue weighted by Crippen LogP contribution is 2.27. The Bertz CT molecular complexity index is 1670. The molecule has 0 bridgehead atoms.